The van der Waals surface area contributed by atoms with Crippen molar-refractivity contribution in [2.75, 3.05) is 19.8 Å². The minimum absolute atomic E-state index is 0.147. The van der Waals surface area contributed by atoms with Crippen molar-refractivity contribution in [3.05, 3.63) is 24.3 Å². The van der Waals surface area contributed by atoms with E-state index < -0.39 is 17.7 Å². The van der Waals surface area contributed by atoms with E-state index in [9.17, 15) is 9.90 Å². The van der Waals surface area contributed by atoms with Crippen LogP contribution in [0, 0.1) is 0 Å². The van der Waals surface area contributed by atoms with Crippen LogP contribution in [0.2, 0.25) is 0 Å². The summed E-state index contributed by atoms with van der Waals surface area (Å²) in [6, 6.07) is 6.85. The summed E-state index contributed by atoms with van der Waals surface area (Å²) >= 11 is 0. The predicted molar refractivity (Wildman–Crippen MR) is 120 cm³/mol. The molecule has 1 aromatic rings. The number of benzene rings is 1. The van der Waals surface area contributed by atoms with Gasteiger partial charge in [0.05, 0.1) is 19.3 Å². The molecule has 0 aliphatic rings. The molecule has 1 amide bonds. The Kier molecular flexibility index (Phi) is 13.0. The number of carbonyl (C=O) groups is 1. The second-order valence-electron chi connectivity index (χ2n) is 8.63. The highest BCUT2D eigenvalue weighted by Gasteiger charge is 2.19. The van der Waals surface area contributed by atoms with Gasteiger partial charge >= 0.3 is 6.09 Å². The summed E-state index contributed by atoms with van der Waals surface area (Å²) in [5.41, 5.74) is -0.588. The molecule has 0 heterocycles. The maximum atomic E-state index is 11.8. The van der Waals surface area contributed by atoms with Gasteiger partial charge in [-0.2, -0.15) is 0 Å². The van der Waals surface area contributed by atoms with Crippen molar-refractivity contribution in [3.63, 3.8) is 0 Å². The van der Waals surface area contributed by atoms with E-state index in [0.29, 0.717) is 5.75 Å². The third-order valence-electron chi connectivity index (χ3n) is 4.48. The summed E-state index contributed by atoms with van der Waals surface area (Å²) in [5.74, 6) is 1.47. The van der Waals surface area contributed by atoms with Crippen LogP contribution in [0.25, 0.3) is 0 Å². The molecular formula is C24H41NO5. The lowest BCUT2D eigenvalue weighted by Crippen LogP contribution is -2.44. The number of hydrogen-bond donors (Lipinski definition) is 2. The van der Waals surface area contributed by atoms with Crippen LogP contribution in [-0.4, -0.2) is 42.7 Å². The van der Waals surface area contributed by atoms with Crippen LogP contribution >= 0.6 is 0 Å². The lowest BCUT2D eigenvalue weighted by atomic mass is 10.1. The monoisotopic (exact) mass is 423 g/mol. The number of alkyl carbamates (subject to hydrolysis) is 1. The summed E-state index contributed by atoms with van der Waals surface area (Å²) < 4.78 is 16.6. The van der Waals surface area contributed by atoms with E-state index in [-0.39, 0.29) is 13.2 Å². The molecule has 0 saturated heterocycles. The summed E-state index contributed by atoms with van der Waals surface area (Å²) in [6.07, 6.45) is 9.66. The molecule has 0 saturated carbocycles. The first kappa shape index (κ1) is 26.1. The molecule has 0 spiro atoms. The van der Waals surface area contributed by atoms with Crippen LogP contribution in [-0.2, 0) is 4.74 Å². The van der Waals surface area contributed by atoms with Gasteiger partial charge in [0.1, 0.15) is 23.7 Å². The van der Waals surface area contributed by atoms with E-state index in [0.717, 1.165) is 18.8 Å². The van der Waals surface area contributed by atoms with Gasteiger partial charge in [0.25, 0.3) is 0 Å². The second-order valence-corrected chi connectivity index (χ2v) is 8.63. The largest absolute Gasteiger partial charge is 0.494 e. The average molecular weight is 424 g/mol. The van der Waals surface area contributed by atoms with Gasteiger partial charge in [0.2, 0.25) is 0 Å². The minimum Gasteiger partial charge on any atom is -0.494 e. The third-order valence-corrected chi connectivity index (χ3v) is 4.48. The molecule has 6 heteroatoms. The normalized spacial score (nSPS) is 12.3. The van der Waals surface area contributed by atoms with Gasteiger partial charge in [0.15, 0.2) is 0 Å². The van der Waals surface area contributed by atoms with Crippen LogP contribution in [0.1, 0.15) is 79.1 Å². The number of aliphatic hydroxyl groups is 1. The van der Waals surface area contributed by atoms with E-state index in [4.69, 9.17) is 14.2 Å². The standard InChI is InChI=1S/C24H41NO5/c1-5-6-7-8-9-10-11-12-17-28-21-13-15-22(16-14-21)29-19-20(18-26)25-23(27)30-24(2,3)4/h13-16,20,26H,5-12,17-19H2,1-4H3,(H,25,27)/t20-/m0/s1. The molecule has 0 radical (unpaired) electrons. The zero-order valence-corrected chi connectivity index (χ0v) is 19.2. The van der Waals surface area contributed by atoms with Crippen LogP contribution in [0.15, 0.2) is 24.3 Å². The Labute approximate surface area is 182 Å². The zero-order chi connectivity index (χ0) is 22.2. The number of aliphatic hydroxyl groups excluding tert-OH is 1. The van der Waals surface area contributed by atoms with Gasteiger partial charge < -0.3 is 24.6 Å². The van der Waals surface area contributed by atoms with Crippen LogP contribution in [0.3, 0.4) is 0 Å². The molecule has 0 bridgehead atoms. The summed E-state index contributed by atoms with van der Waals surface area (Å²) in [6.45, 7) is 8.24. The number of nitrogens with one attached hydrogen (secondary N) is 1. The quantitative estimate of drug-likeness (QED) is 0.366. The molecule has 0 aliphatic heterocycles. The Morgan fingerprint density at radius 1 is 0.933 bits per heavy atom. The van der Waals surface area contributed by atoms with Crippen LogP contribution in [0.4, 0.5) is 4.79 Å². The Bertz CT molecular complexity index is 568. The number of carbonyl (C=O) groups excluding carboxylic acids is 1. The van der Waals surface area contributed by atoms with Gasteiger partial charge in [0, 0.05) is 0 Å². The SMILES string of the molecule is CCCCCCCCCCOc1ccc(OC[C@H](CO)NC(=O)OC(C)(C)C)cc1. The Morgan fingerprint density at radius 2 is 1.47 bits per heavy atom. The van der Waals surface area contributed by atoms with Crippen molar-refractivity contribution in [3.8, 4) is 11.5 Å². The number of ether oxygens (including phenoxy) is 3. The molecular weight excluding hydrogens is 382 g/mol. The first-order chi connectivity index (χ1) is 14.3. The van der Waals surface area contributed by atoms with E-state index >= 15 is 0 Å². The van der Waals surface area contributed by atoms with E-state index in [1.54, 1.807) is 20.8 Å². The Balaban J connectivity index is 2.21. The van der Waals surface area contributed by atoms with Gasteiger partial charge in [-0.25, -0.2) is 4.79 Å². The average Bonchev–Trinajstić information content (AvgIpc) is 2.69. The van der Waals surface area contributed by atoms with Crippen LogP contribution in [0.5, 0.6) is 11.5 Å². The van der Waals surface area contributed by atoms with Crippen molar-refractivity contribution in [2.24, 2.45) is 0 Å². The molecule has 0 unspecified atom stereocenters. The van der Waals surface area contributed by atoms with Crippen molar-refractivity contribution in [1.82, 2.24) is 5.32 Å². The molecule has 1 atom stereocenters. The van der Waals surface area contributed by atoms with Crippen molar-refractivity contribution in [1.29, 1.82) is 0 Å². The second kappa shape index (κ2) is 14.9. The molecule has 2 N–H and O–H groups in total. The lowest BCUT2D eigenvalue weighted by molar-refractivity contribution is 0.0458. The Morgan fingerprint density at radius 3 is 2.00 bits per heavy atom. The zero-order valence-electron chi connectivity index (χ0n) is 19.2. The first-order valence-corrected chi connectivity index (χ1v) is 11.3. The van der Waals surface area contributed by atoms with Crippen molar-refractivity contribution >= 4 is 6.09 Å². The fraction of sp³-hybridized carbons (Fsp3) is 0.708. The fourth-order valence-electron chi connectivity index (χ4n) is 2.87. The lowest BCUT2D eigenvalue weighted by Gasteiger charge is -2.22. The van der Waals surface area contributed by atoms with Gasteiger partial charge in [-0.1, -0.05) is 51.9 Å². The molecule has 30 heavy (non-hydrogen) atoms. The number of unbranched alkanes of at least 4 members (excludes halogenated alkanes) is 7. The molecule has 1 rings (SSSR count). The third kappa shape index (κ3) is 13.3. The van der Waals surface area contributed by atoms with Gasteiger partial charge in [-0.05, 0) is 51.5 Å². The maximum absolute atomic E-state index is 11.8. The number of hydrogen-bond acceptors (Lipinski definition) is 5. The smallest absolute Gasteiger partial charge is 0.408 e. The Hall–Kier alpha value is -1.95. The molecule has 0 aliphatic carbocycles. The first-order valence-electron chi connectivity index (χ1n) is 11.3. The highest BCUT2D eigenvalue weighted by Crippen LogP contribution is 2.18. The topological polar surface area (TPSA) is 77.0 Å². The van der Waals surface area contributed by atoms with Crippen LogP contribution < -0.4 is 14.8 Å². The summed E-state index contributed by atoms with van der Waals surface area (Å²) in [5, 5.41) is 12.0. The van der Waals surface area contributed by atoms with Crippen molar-refractivity contribution < 1.29 is 24.1 Å². The summed E-state index contributed by atoms with van der Waals surface area (Å²) in [7, 11) is 0. The number of amides is 1. The highest BCUT2D eigenvalue weighted by atomic mass is 16.6. The molecule has 6 nitrogen and oxygen atoms in total. The van der Waals surface area contributed by atoms with Gasteiger partial charge in [-0.15, -0.1) is 0 Å². The molecule has 172 valence electrons. The minimum atomic E-state index is -0.588. The van der Waals surface area contributed by atoms with Gasteiger partial charge in [-0.3, -0.25) is 0 Å². The highest BCUT2D eigenvalue weighted by molar-refractivity contribution is 5.68. The molecule has 0 fully saturated rings. The maximum Gasteiger partial charge on any atom is 0.408 e. The molecule has 0 aromatic heterocycles. The number of rotatable bonds is 15. The van der Waals surface area contributed by atoms with E-state index in [1.807, 2.05) is 24.3 Å². The van der Waals surface area contributed by atoms with E-state index in [2.05, 4.69) is 12.2 Å². The molecule has 1 aromatic carbocycles. The van der Waals surface area contributed by atoms with Crippen molar-refractivity contribution in [2.45, 2.75) is 90.7 Å². The summed E-state index contributed by atoms with van der Waals surface area (Å²) in [4.78, 5) is 11.8. The fourth-order valence-corrected chi connectivity index (χ4v) is 2.87. The van der Waals surface area contributed by atoms with E-state index in [1.165, 1.54) is 44.9 Å². The predicted octanol–water partition coefficient (Wildman–Crippen LogP) is 5.47.